The van der Waals surface area contributed by atoms with Crippen molar-refractivity contribution in [3.63, 3.8) is 0 Å². The van der Waals surface area contributed by atoms with Gasteiger partial charge in [0.1, 0.15) is 0 Å². The molecule has 1 aliphatic rings. The zero-order chi connectivity index (χ0) is 18.2. The molecule has 1 atom stereocenters. The van der Waals surface area contributed by atoms with Gasteiger partial charge >= 0.3 is 12.1 Å². The fourth-order valence-corrected chi connectivity index (χ4v) is 2.70. The second-order valence-electron chi connectivity index (χ2n) is 5.77. The smallest absolute Gasteiger partial charge is 0.435 e. The van der Waals surface area contributed by atoms with Crippen LogP contribution in [0, 0.1) is 5.92 Å². The van der Waals surface area contributed by atoms with Crippen LogP contribution >= 0.6 is 12.4 Å². The number of carboxylic acid groups (broad SMARTS) is 1. The van der Waals surface area contributed by atoms with Crippen molar-refractivity contribution in [3.8, 4) is 5.69 Å². The van der Waals surface area contributed by atoms with Crippen molar-refractivity contribution in [1.29, 1.82) is 0 Å². The van der Waals surface area contributed by atoms with Crippen LogP contribution in [-0.2, 0) is 11.0 Å². The largest absolute Gasteiger partial charge is 0.481 e. The minimum Gasteiger partial charge on any atom is -0.481 e. The monoisotopic (exact) mass is 389 g/mol. The maximum absolute atomic E-state index is 12.6. The van der Waals surface area contributed by atoms with Crippen LogP contribution in [0.5, 0.6) is 0 Å². The Bertz CT molecular complexity index is 805. The minimum absolute atomic E-state index is 0. The molecule has 1 saturated heterocycles. The van der Waals surface area contributed by atoms with E-state index >= 15 is 0 Å². The summed E-state index contributed by atoms with van der Waals surface area (Å²) in [5, 5.41) is 12.4. The highest BCUT2D eigenvalue weighted by molar-refractivity contribution is 5.95. The van der Waals surface area contributed by atoms with Gasteiger partial charge in [0.05, 0.1) is 11.6 Å². The Kier molecular flexibility index (Phi) is 5.60. The first-order valence-electron chi connectivity index (χ1n) is 7.51. The number of aromatic nitrogens is 2. The SMILES string of the molecule is Cl.O=C(O)C1CCN(C(=O)c2ccc(-n3ccc(C(F)(F)F)n3)cc2)C1. The predicted molar refractivity (Wildman–Crippen MR) is 87.5 cm³/mol. The van der Waals surface area contributed by atoms with Crippen LogP contribution in [-0.4, -0.2) is 44.8 Å². The third-order valence-electron chi connectivity index (χ3n) is 4.08. The zero-order valence-corrected chi connectivity index (χ0v) is 14.1. The molecule has 1 aliphatic heterocycles. The molecule has 0 bridgehead atoms. The Hall–Kier alpha value is -2.55. The molecular weight excluding hydrogens is 375 g/mol. The summed E-state index contributed by atoms with van der Waals surface area (Å²) in [4.78, 5) is 24.8. The molecule has 1 aromatic carbocycles. The number of carboxylic acids is 1. The van der Waals surface area contributed by atoms with Crippen molar-refractivity contribution in [2.45, 2.75) is 12.6 Å². The summed E-state index contributed by atoms with van der Waals surface area (Å²) in [6, 6.07) is 6.83. The van der Waals surface area contributed by atoms with Crippen molar-refractivity contribution in [3.05, 3.63) is 47.8 Å². The van der Waals surface area contributed by atoms with Gasteiger partial charge in [-0.1, -0.05) is 0 Å². The molecule has 2 aromatic rings. The van der Waals surface area contributed by atoms with Gasteiger partial charge in [0.25, 0.3) is 5.91 Å². The lowest BCUT2D eigenvalue weighted by Gasteiger charge is -2.16. The molecule has 0 radical (unpaired) electrons. The van der Waals surface area contributed by atoms with Gasteiger partial charge in [-0.2, -0.15) is 18.3 Å². The van der Waals surface area contributed by atoms with Crippen molar-refractivity contribution in [2.24, 2.45) is 5.92 Å². The Morgan fingerprint density at radius 3 is 2.31 bits per heavy atom. The van der Waals surface area contributed by atoms with E-state index in [1.807, 2.05) is 0 Å². The number of hydrogen-bond acceptors (Lipinski definition) is 3. The second-order valence-corrected chi connectivity index (χ2v) is 5.77. The third-order valence-corrected chi connectivity index (χ3v) is 4.08. The number of hydrogen-bond donors (Lipinski definition) is 1. The molecular formula is C16H15ClF3N3O3. The lowest BCUT2D eigenvalue weighted by atomic mass is 10.1. The first-order valence-corrected chi connectivity index (χ1v) is 7.51. The summed E-state index contributed by atoms with van der Waals surface area (Å²) in [6.07, 6.45) is -2.91. The van der Waals surface area contributed by atoms with Crippen LogP contribution in [0.1, 0.15) is 22.5 Å². The van der Waals surface area contributed by atoms with Crippen molar-refractivity contribution in [1.82, 2.24) is 14.7 Å². The van der Waals surface area contributed by atoms with E-state index in [0.717, 1.165) is 10.7 Å². The molecule has 140 valence electrons. The van der Waals surface area contributed by atoms with E-state index in [-0.39, 0.29) is 24.9 Å². The number of alkyl halides is 3. The molecule has 0 aliphatic carbocycles. The van der Waals surface area contributed by atoms with Crippen molar-refractivity contribution >= 4 is 24.3 Å². The van der Waals surface area contributed by atoms with E-state index in [1.165, 1.54) is 35.4 Å². The number of amides is 1. The van der Waals surface area contributed by atoms with Crippen LogP contribution in [0.2, 0.25) is 0 Å². The fourth-order valence-electron chi connectivity index (χ4n) is 2.70. The molecule has 3 rings (SSSR count). The molecule has 2 heterocycles. The number of halogens is 4. The predicted octanol–water partition coefficient (Wildman–Crippen LogP) is 2.86. The maximum atomic E-state index is 12.6. The lowest BCUT2D eigenvalue weighted by Crippen LogP contribution is -2.29. The van der Waals surface area contributed by atoms with Gasteiger partial charge < -0.3 is 10.0 Å². The number of rotatable bonds is 3. The Balaban J connectivity index is 0.00000243. The summed E-state index contributed by atoms with van der Waals surface area (Å²) in [5.74, 6) is -1.79. The van der Waals surface area contributed by atoms with Crippen LogP contribution in [0.4, 0.5) is 13.2 Å². The Morgan fingerprint density at radius 1 is 1.15 bits per heavy atom. The van der Waals surface area contributed by atoms with E-state index in [4.69, 9.17) is 5.11 Å². The van der Waals surface area contributed by atoms with Crippen molar-refractivity contribution < 1.29 is 27.9 Å². The average Bonchev–Trinajstić information content (AvgIpc) is 3.23. The number of carbonyl (C=O) groups is 2. The minimum atomic E-state index is -4.52. The molecule has 1 amide bonds. The van der Waals surface area contributed by atoms with E-state index in [9.17, 15) is 22.8 Å². The topological polar surface area (TPSA) is 75.4 Å². The van der Waals surface area contributed by atoms with Gasteiger partial charge in [-0.05, 0) is 36.8 Å². The highest BCUT2D eigenvalue weighted by atomic mass is 35.5. The van der Waals surface area contributed by atoms with Gasteiger partial charge in [-0.25, -0.2) is 4.68 Å². The van der Waals surface area contributed by atoms with Crippen LogP contribution in [0.25, 0.3) is 5.69 Å². The van der Waals surface area contributed by atoms with E-state index in [0.29, 0.717) is 24.2 Å². The van der Waals surface area contributed by atoms with Gasteiger partial charge in [-0.15, -0.1) is 12.4 Å². The van der Waals surface area contributed by atoms with E-state index in [2.05, 4.69) is 5.10 Å². The van der Waals surface area contributed by atoms with Crippen molar-refractivity contribution in [2.75, 3.05) is 13.1 Å². The molecule has 6 nitrogen and oxygen atoms in total. The summed E-state index contributed by atoms with van der Waals surface area (Å²) in [5.41, 5.74) is -0.265. The zero-order valence-electron chi connectivity index (χ0n) is 13.3. The molecule has 1 N–H and O–H groups in total. The fraction of sp³-hybridized carbons (Fsp3) is 0.312. The number of nitrogens with zero attached hydrogens (tertiary/aromatic N) is 3. The third kappa shape index (κ3) is 3.98. The normalized spacial score (nSPS) is 17.0. The number of aliphatic carboxylic acids is 1. The highest BCUT2D eigenvalue weighted by Crippen LogP contribution is 2.28. The molecule has 0 saturated carbocycles. The van der Waals surface area contributed by atoms with Crippen LogP contribution in [0.3, 0.4) is 0 Å². The van der Waals surface area contributed by atoms with E-state index < -0.39 is 23.8 Å². The lowest BCUT2D eigenvalue weighted by molar-refractivity contribution is -0.142. The van der Waals surface area contributed by atoms with E-state index in [1.54, 1.807) is 0 Å². The summed E-state index contributed by atoms with van der Waals surface area (Å²) < 4.78 is 38.8. The molecule has 10 heteroatoms. The first-order chi connectivity index (χ1) is 11.8. The molecule has 1 aromatic heterocycles. The second kappa shape index (κ2) is 7.36. The summed E-state index contributed by atoms with van der Waals surface area (Å²) in [7, 11) is 0. The first kappa shape index (κ1) is 19.8. The Labute approximate surface area is 152 Å². The van der Waals surface area contributed by atoms with Gasteiger partial charge in [-0.3, -0.25) is 9.59 Å². The van der Waals surface area contributed by atoms with Crippen LogP contribution < -0.4 is 0 Å². The number of benzene rings is 1. The molecule has 1 fully saturated rings. The average molecular weight is 390 g/mol. The number of carbonyl (C=O) groups excluding carboxylic acids is 1. The highest BCUT2D eigenvalue weighted by Gasteiger charge is 2.34. The number of likely N-dealkylation sites (tertiary alicyclic amines) is 1. The molecule has 0 spiro atoms. The van der Waals surface area contributed by atoms with Gasteiger partial charge in [0.15, 0.2) is 5.69 Å². The quantitative estimate of drug-likeness (QED) is 0.875. The van der Waals surface area contributed by atoms with Gasteiger partial charge in [0.2, 0.25) is 0 Å². The standard InChI is InChI=1S/C16H14F3N3O3.ClH/c17-16(18,19)13-6-8-22(20-13)12-3-1-10(2-4-12)14(23)21-7-5-11(9-21)15(24)25;/h1-4,6,8,11H,5,7,9H2,(H,24,25);1H. The molecule has 1 unspecified atom stereocenters. The molecule has 26 heavy (non-hydrogen) atoms. The maximum Gasteiger partial charge on any atom is 0.435 e. The summed E-state index contributed by atoms with van der Waals surface area (Å²) >= 11 is 0. The van der Waals surface area contributed by atoms with Crippen LogP contribution in [0.15, 0.2) is 36.5 Å². The Morgan fingerprint density at radius 2 is 1.81 bits per heavy atom. The summed E-state index contributed by atoms with van der Waals surface area (Å²) in [6.45, 7) is 0.523. The van der Waals surface area contributed by atoms with Gasteiger partial charge in [0, 0.05) is 24.8 Å².